The fourth-order valence-corrected chi connectivity index (χ4v) is 2.32. The predicted molar refractivity (Wildman–Crippen MR) is 62.0 cm³/mol. The van der Waals surface area contributed by atoms with E-state index in [9.17, 15) is 4.79 Å². The molecule has 0 heterocycles. The van der Waals surface area contributed by atoms with Crippen LogP contribution >= 0.6 is 8.58 Å². The van der Waals surface area contributed by atoms with Gasteiger partial charge >= 0.3 is 6.09 Å². The van der Waals surface area contributed by atoms with Crippen LogP contribution in [-0.4, -0.2) is 17.5 Å². The normalized spacial score (nSPS) is 11.6. The van der Waals surface area contributed by atoms with E-state index in [4.69, 9.17) is 0 Å². The highest BCUT2D eigenvalue weighted by Gasteiger charge is 2.16. The summed E-state index contributed by atoms with van der Waals surface area (Å²) in [5, 5.41) is 2.99. The molecule has 0 spiro atoms. The maximum atomic E-state index is 10.9. The predicted octanol–water partition coefficient (Wildman–Crippen LogP) is 3.07. The Morgan fingerprint density at radius 2 is 2.29 bits per heavy atom. The average molecular weight is 217 g/mol. The van der Waals surface area contributed by atoms with Crippen molar-refractivity contribution in [1.82, 2.24) is 5.32 Å². The van der Waals surface area contributed by atoms with Gasteiger partial charge in [-0.25, -0.2) is 4.79 Å². The summed E-state index contributed by atoms with van der Waals surface area (Å²) in [4.78, 5) is 10.9. The van der Waals surface area contributed by atoms with Gasteiger partial charge in [-0.2, -0.15) is 0 Å². The molecule has 1 unspecified atom stereocenters. The van der Waals surface area contributed by atoms with Crippen molar-refractivity contribution in [3.63, 3.8) is 0 Å². The van der Waals surface area contributed by atoms with E-state index >= 15 is 0 Å². The molecule has 0 fully saturated rings. The van der Waals surface area contributed by atoms with Gasteiger partial charge in [0, 0.05) is 6.29 Å². The van der Waals surface area contributed by atoms with Crippen molar-refractivity contribution in [3.05, 3.63) is 12.8 Å². The lowest BCUT2D eigenvalue weighted by atomic mass is 10.1. The first-order chi connectivity index (χ1) is 6.52. The Hall–Kier alpha value is -0.560. The minimum absolute atomic E-state index is 0.316. The molecule has 0 aliphatic heterocycles. The Balaban J connectivity index is 3.61. The number of carbonyl (C=O) groups is 1. The van der Waals surface area contributed by atoms with Crippen molar-refractivity contribution in [1.29, 1.82) is 0 Å². The van der Waals surface area contributed by atoms with Crippen LogP contribution in [0.25, 0.3) is 0 Å². The van der Waals surface area contributed by atoms with Gasteiger partial charge in [-0.1, -0.05) is 42.4 Å². The largest absolute Gasteiger partial charge is 0.419 e. The number of rotatable bonds is 6. The van der Waals surface area contributed by atoms with Gasteiger partial charge in [0.15, 0.2) is 0 Å². The van der Waals surface area contributed by atoms with Gasteiger partial charge in [0.05, 0.1) is 6.26 Å². The quantitative estimate of drug-likeness (QED) is 0.548. The zero-order valence-electron chi connectivity index (χ0n) is 9.22. The van der Waals surface area contributed by atoms with E-state index < -0.39 is 6.09 Å². The Bertz CT molecular complexity index is 193. The molecule has 0 aromatic heterocycles. The molecule has 0 bridgehead atoms. The van der Waals surface area contributed by atoms with Crippen LogP contribution in [-0.2, 0) is 4.74 Å². The van der Waals surface area contributed by atoms with Crippen molar-refractivity contribution >= 4 is 14.7 Å². The first-order valence-electron chi connectivity index (χ1n) is 4.82. The highest BCUT2D eigenvalue weighted by atomic mass is 31.1. The van der Waals surface area contributed by atoms with Crippen LogP contribution in [0.15, 0.2) is 12.8 Å². The topological polar surface area (TPSA) is 38.3 Å². The number of amides is 1. The van der Waals surface area contributed by atoms with Gasteiger partial charge in [0.25, 0.3) is 0 Å². The summed E-state index contributed by atoms with van der Waals surface area (Å²) in [6, 6.07) is 0. The van der Waals surface area contributed by atoms with Crippen LogP contribution in [0, 0.1) is 0 Å². The lowest BCUT2D eigenvalue weighted by molar-refractivity contribution is 0.187. The molecule has 0 aromatic rings. The Morgan fingerprint density at radius 3 is 2.79 bits per heavy atom. The Kier molecular flexibility index (Phi) is 6.56. The second-order valence-corrected chi connectivity index (χ2v) is 5.80. The third-order valence-electron chi connectivity index (χ3n) is 1.87. The van der Waals surface area contributed by atoms with E-state index in [1.54, 1.807) is 0 Å². The van der Waals surface area contributed by atoms with E-state index in [2.05, 4.69) is 37.4 Å². The van der Waals surface area contributed by atoms with Crippen LogP contribution in [0.1, 0.15) is 33.6 Å². The molecule has 14 heavy (non-hydrogen) atoms. The SMILES string of the molecule is C=COC(=O)NCPC(C)(C)CCC. The number of carbonyl (C=O) groups excluding carboxylic acids is 1. The molecular weight excluding hydrogens is 197 g/mol. The molecule has 0 saturated carbocycles. The first kappa shape index (κ1) is 13.4. The van der Waals surface area contributed by atoms with Crippen molar-refractivity contribution in [2.75, 3.05) is 6.29 Å². The zero-order valence-corrected chi connectivity index (χ0v) is 10.2. The number of hydrogen-bond acceptors (Lipinski definition) is 2. The van der Waals surface area contributed by atoms with E-state index in [-0.39, 0.29) is 0 Å². The number of nitrogens with one attached hydrogen (secondary N) is 1. The summed E-state index contributed by atoms with van der Waals surface area (Å²) in [5.41, 5.74) is 0. The average Bonchev–Trinajstić information content (AvgIpc) is 2.03. The van der Waals surface area contributed by atoms with Crippen molar-refractivity contribution in [3.8, 4) is 0 Å². The van der Waals surface area contributed by atoms with Gasteiger partial charge in [-0.15, -0.1) is 0 Å². The number of alkyl carbamates (subject to hydrolysis) is 1. The molecule has 1 N–H and O–H groups in total. The second-order valence-electron chi connectivity index (χ2n) is 3.74. The van der Waals surface area contributed by atoms with E-state index in [1.165, 1.54) is 12.8 Å². The monoisotopic (exact) mass is 217 g/mol. The highest BCUT2D eigenvalue weighted by molar-refractivity contribution is 7.39. The zero-order chi connectivity index (χ0) is 11.0. The number of ether oxygens (including phenoxy) is 1. The second kappa shape index (κ2) is 6.83. The van der Waals surface area contributed by atoms with Gasteiger partial charge in [-0.3, -0.25) is 0 Å². The van der Waals surface area contributed by atoms with Crippen molar-refractivity contribution in [2.24, 2.45) is 0 Å². The third kappa shape index (κ3) is 6.90. The van der Waals surface area contributed by atoms with Crippen molar-refractivity contribution in [2.45, 2.75) is 38.8 Å². The van der Waals surface area contributed by atoms with E-state index in [0.29, 0.717) is 20.0 Å². The standard InChI is InChI=1S/C10H20NO2P/c1-5-7-10(3,4)14-8-11-9(12)13-6-2/h6,14H,2,5,7-8H2,1,3-4H3,(H,11,12). The summed E-state index contributed by atoms with van der Waals surface area (Å²) in [7, 11) is 0.717. The fourth-order valence-electron chi connectivity index (χ4n) is 1.19. The molecule has 3 nitrogen and oxygen atoms in total. The van der Waals surface area contributed by atoms with Gasteiger partial charge < -0.3 is 10.1 Å². The molecule has 0 aromatic carbocycles. The molecule has 4 heteroatoms. The van der Waals surface area contributed by atoms with Crippen molar-refractivity contribution < 1.29 is 9.53 Å². The minimum atomic E-state index is -0.417. The lowest BCUT2D eigenvalue weighted by Gasteiger charge is -2.23. The maximum Gasteiger partial charge on any atom is 0.412 e. The molecule has 1 atom stereocenters. The van der Waals surface area contributed by atoms with Crippen LogP contribution in [0.2, 0.25) is 0 Å². The summed E-state index contributed by atoms with van der Waals surface area (Å²) in [6.45, 7) is 9.91. The summed E-state index contributed by atoms with van der Waals surface area (Å²) in [5.74, 6) is 0. The first-order valence-corrected chi connectivity index (χ1v) is 6.03. The third-order valence-corrected chi connectivity index (χ3v) is 3.43. The van der Waals surface area contributed by atoms with Gasteiger partial charge in [0.2, 0.25) is 0 Å². The molecule has 0 radical (unpaired) electrons. The Morgan fingerprint density at radius 1 is 1.64 bits per heavy atom. The summed E-state index contributed by atoms with van der Waals surface area (Å²) in [6.07, 6.45) is 3.76. The van der Waals surface area contributed by atoms with Crippen LogP contribution in [0.3, 0.4) is 0 Å². The van der Waals surface area contributed by atoms with Gasteiger partial charge in [0.1, 0.15) is 0 Å². The van der Waals surface area contributed by atoms with Crippen LogP contribution < -0.4 is 5.32 Å². The molecule has 0 aliphatic carbocycles. The van der Waals surface area contributed by atoms with Gasteiger partial charge in [-0.05, 0) is 11.6 Å². The molecule has 82 valence electrons. The Labute approximate surface area is 88.1 Å². The molecule has 1 amide bonds. The maximum absolute atomic E-state index is 10.9. The molecule has 0 saturated heterocycles. The lowest BCUT2D eigenvalue weighted by Crippen LogP contribution is -2.24. The molecule has 0 rings (SSSR count). The fraction of sp³-hybridized carbons (Fsp3) is 0.700. The smallest absolute Gasteiger partial charge is 0.412 e. The van der Waals surface area contributed by atoms with Crippen LogP contribution in [0.4, 0.5) is 4.79 Å². The highest BCUT2D eigenvalue weighted by Crippen LogP contribution is 2.34. The van der Waals surface area contributed by atoms with E-state index in [0.717, 1.165) is 6.26 Å². The molecular formula is C10H20NO2P. The molecule has 0 aliphatic rings. The number of hydrogen-bond donors (Lipinski definition) is 1. The van der Waals surface area contributed by atoms with Crippen LogP contribution in [0.5, 0.6) is 0 Å². The summed E-state index contributed by atoms with van der Waals surface area (Å²) >= 11 is 0. The summed E-state index contributed by atoms with van der Waals surface area (Å²) < 4.78 is 4.53. The van der Waals surface area contributed by atoms with E-state index in [1.807, 2.05) is 0 Å². The minimum Gasteiger partial charge on any atom is -0.419 e.